The molecule has 21 heavy (non-hydrogen) atoms. The van der Waals surface area contributed by atoms with Gasteiger partial charge in [-0.05, 0) is 63.5 Å². The molecule has 0 spiro atoms. The maximum Gasteiger partial charge on any atom is 0.0108 e. The van der Waals surface area contributed by atoms with Crippen molar-refractivity contribution in [2.45, 2.75) is 90.6 Å². The molecule has 2 aliphatic carbocycles. The van der Waals surface area contributed by atoms with Gasteiger partial charge in [-0.15, -0.1) is 0 Å². The lowest BCUT2D eigenvalue weighted by Gasteiger charge is -2.44. The highest BCUT2D eigenvalue weighted by atomic mass is 15.1. The summed E-state index contributed by atoms with van der Waals surface area (Å²) in [6, 6.07) is 1.61. The van der Waals surface area contributed by atoms with Crippen LogP contribution in [0.1, 0.15) is 78.6 Å². The minimum atomic E-state index is 0.544. The Kier molecular flexibility index (Phi) is 6.55. The van der Waals surface area contributed by atoms with E-state index in [0.29, 0.717) is 5.41 Å². The fourth-order valence-corrected chi connectivity index (χ4v) is 4.57. The average molecular weight is 295 g/mol. The van der Waals surface area contributed by atoms with Crippen molar-refractivity contribution in [3.63, 3.8) is 0 Å². The molecule has 2 unspecified atom stereocenters. The summed E-state index contributed by atoms with van der Waals surface area (Å²) >= 11 is 0. The lowest BCUT2D eigenvalue weighted by atomic mass is 9.69. The summed E-state index contributed by atoms with van der Waals surface area (Å²) in [7, 11) is 2.38. The van der Waals surface area contributed by atoms with Crippen LogP contribution in [-0.4, -0.2) is 37.1 Å². The number of hydrogen-bond donors (Lipinski definition) is 1. The molecule has 0 aromatic heterocycles. The van der Waals surface area contributed by atoms with E-state index in [1.807, 2.05) is 0 Å². The Bertz CT molecular complexity index is 294. The van der Waals surface area contributed by atoms with Gasteiger partial charge in [0.2, 0.25) is 0 Å². The van der Waals surface area contributed by atoms with Gasteiger partial charge in [-0.25, -0.2) is 0 Å². The second-order valence-electron chi connectivity index (χ2n) is 8.46. The first kappa shape index (κ1) is 17.3. The fourth-order valence-electron chi connectivity index (χ4n) is 4.57. The minimum Gasteiger partial charge on any atom is -0.314 e. The van der Waals surface area contributed by atoms with Crippen molar-refractivity contribution >= 4 is 0 Å². The standard InChI is InChI=1S/C19H38N2/c1-5-13-20-18-11-12-19(2,3)14-16(18)15-21(4)17-9-7-6-8-10-17/h16-18,20H,5-15H2,1-4H3. The predicted octanol–water partition coefficient (Wildman–Crippen LogP) is 4.45. The second kappa shape index (κ2) is 7.97. The summed E-state index contributed by atoms with van der Waals surface area (Å²) in [5, 5.41) is 3.84. The molecule has 0 saturated heterocycles. The number of nitrogens with zero attached hydrogens (tertiary/aromatic N) is 1. The van der Waals surface area contributed by atoms with Crippen LogP contribution in [0.5, 0.6) is 0 Å². The van der Waals surface area contributed by atoms with Gasteiger partial charge in [-0.2, -0.15) is 0 Å². The predicted molar refractivity (Wildman–Crippen MR) is 92.7 cm³/mol. The van der Waals surface area contributed by atoms with Crippen molar-refractivity contribution in [1.82, 2.24) is 10.2 Å². The SMILES string of the molecule is CCCNC1CCC(C)(C)CC1CN(C)C1CCCCC1. The van der Waals surface area contributed by atoms with E-state index in [1.54, 1.807) is 0 Å². The van der Waals surface area contributed by atoms with Gasteiger partial charge in [0.05, 0.1) is 0 Å². The van der Waals surface area contributed by atoms with Crippen LogP contribution in [0, 0.1) is 11.3 Å². The quantitative estimate of drug-likeness (QED) is 0.779. The molecule has 0 bridgehead atoms. The van der Waals surface area contributed by atoms with Crippen molar-refractivity contribution in [3.8, 4) is 0 Å². The van der Waals surface area contributed by atoms with Gasteiger partial charge in [0, 0.05) is 18.6 Å². The lowest BCUT2D eigenvalue weighted by molar-refractivity contribution is 0.0848. The third-order valence-corrected chi connectivity index (χ3v) is 5.89. The number of rotatable bonds is 6. The molecule has 2 nitrogen and oxygen atoms in total. The largest absolute Gasteiger partial charge is 0.314 e. The Morgan fingerprint density at radius 1 is 1.10 bits per heavy atom. The van der Waals surface area contributed by atoms with Crippen LogP contribution < -0.4 is 5.32 Å². The zero-order valence-electron chi connectivity index (χ0n) is 15.0. The number of nitrogens with one attached hydrogen (secondary N) is 1. The fraction of sp³-hybridized carbons (Fsp3) is 1.00. The topological polar surface area (TPSA) is 15.3 Å². The van der Waals surface area contributed by atoms with E-state index in [2.05, 4.69) is 38.0 Å². The Labute approximate surface area is 133 Å². The van der Waals surface area contributed by atoms with E-state index in [9.17, 15) is 0 Å². The zero-order chi connectivity index (χ0) is 15.3. The van der Waals surface area contributed by atoms with Crippen LogP contribution in [0.2, 0.25) is 0 Å². The van der Waals surface area contributed by atoms with Crippen molar-refractivity contribution in [3.05, 3.63) is 0 Å². The third kappa shape index (κ3) is 5.25. The van der Waals surface area contributed by atoms with Gasteiger partial charge in [0.15, 0.2) is 0 Å². The first-order valence-electron chi connectivity index (χ1n) is 9.45. The first-order chi connectivity index (χ1) is 10.0. The van der Waals surface area contributed by atoms with Crippen LogP contribution in [0.4, 0.5) is 0 Å². The maximum atomic E-state index is 3.84. The van der Waals surface area contributed by atoms with Gasteiger partial charge in [0.1, 0.15) is 0 Å². The zero-order valence-corrected chi connectivity index (χ0v) is 15.0. The molecule has 2 heteroatoms. The first-order valence-corrected chi connectivity index (χ1v) is 9.45. The Hall–Kier alpha value is -0.0800. The van der Waals surface area contributed by atoms with E-state index >= 15 is 0 Å². The monoisotopic (exact) mass is 294 g/mol. The molecule has 2 fully saturated rings. The van der Waals surface area contributed by atoms with Crippen LogP contribution in [0.25, 0.3) is 0 Å². The van der Waals surface area contributed by atoms with E-state index in [1.165, 1.54) is 70.9 Å². The van der Waals surface area contributed by atoms with Gasteiger partial charge < -0.3 is 10.2 Å². The highest BCUT2D eigenvalue weighted by Gasteiger charge is 2.35. The molecule has 0 aliphatic heterocycles. The van der Waals surface area contributed by atoms with E-state index in [4.69, 9.17) is 0 Å². The molecular weight excluding hydrogens is 256 g/mol. The minimum absolute atomic E-state index is 0.544. The molecule has 0 aromatic carbocycles. The van der Waals surface area contributed by atoms with Gasteiger partial charge in [-0.3, -0.25) is 0 Å². The lowest BCUT2D eigenvalue weighted by Crippen LogP contribution is -2.49. The Morgan fingerprint density at radius 2 is 1.81 bits per heavy atom. The van der Waals surface area contributed by atoms with Gasteiger partial charge in [-0.1, -0.05) is 40.0 Å². The van der Waals surface area contributed by atoms with Crippen LogP contribution >= 0.6 is 0 Å². The summed E-state index contributed by atoms with van der Waals surface area (Å²) in [6.07, 6.45) is 12.6. The summed E-state index contributed by atoms with van der Waals surface area (Å²) < 4.78 is 0. The molecule has 0 aromatic rings. The van der Waals surface area contributed by atoms with Crippen molar-refractivity contribution in [1.29, 1.82) is 0 Å². The molecule has 0 amide bonds. The normalized spacial score (nSPS) is 30.7. The van der Waals surface area contributed by atoms with Crippen LogP contribution in [-0.2, 0) is 0 Å². The summed E-state index contributed by atoms with van der Waals surface area (Å²) in [6.45, 7) is 9.71. The molecule has 124 valence electrons. The third-order valence-electron chi connectivity index (χ3n) is 5.89. The highest BCUT2D eigenvalue weighted by molar-refractivity contribution is 4.91. The van der Waals surface area contributed by atoms with Gasteiger partial charge in [0.25, 0.3) is 0 Å². The average Bonchev–Trinajstić information content (AvgIpc) is 2.47. The Balaban J connectivity index is 1.91. The summed E-state index contributed by atoms with van der Waals surface area (Å²) in [5.41, 5.74) is 0.544. The van der Waals surface area contributed by atoms with Crippen molar-refractivity contribution in [2.75, 3.05) is 20.1 Å². The highest BCUT2D eigenvalue weighted by Crippen LogP contribution is 2.39. The number of hydrogen-bond acceptors (Lipinski definition) is 2. The maximum absolute atomic E-state index is 3.84. The molecule has 2 saturated carbocycles. The van der Waals surface area contributed by atoms with E-state index in [-0.39, 0.29) is 0 Å². The second-order valence-corrected chi connectivity index (χ2v) is 8.46. The van der Waals surface area contributed by atoms with Crippen molar-refractivity contribution < 1.29 is 0 Å². The van der Waals surface area contributed by atoms with Crippen LogP contribution in [0.3, 0.4) is 0 Å². The summed E-state index contributed by atoms with van der Waals surface area (Å²) in [5.74, 6) is 0.840. The molecular formula is C19H38N2. The molecule has 2 rings (SSSR count). The molecule has 0 radical (unpaired) electrons. The molecule has 1 N–H and O–H groups in total. The van der Waals surface area contributed by atoms with E-state index < -0.39 is 0 Å². The van der Waals surface area contributed by atoms with E-state index in [0.717, 1.165) is 18.0 Å². The molecule has 2 atom stereocenters. The smallest absolute Gasteiger partial charge is 0.0108 e. The van der Waals surface area contributed by atoms with Crippen molar-refractivity contribution in [2.24, 2.45) is 11.3 Å². The van der Waals surface area contributed by atoms with Gasteiger partial charge >= 0.3 is 0 Å². The Morgan fingerprint density at radius 3 is 2.48 bits per heavy atom. The van der Waals surface area contributed by atoms with Crippen LogP contribution in [0.15, 0.2) is 0 Å². The summed E-state index contributed by atoms with van der Waals surface area (Å²) in [4.78, 5) is 2.70. The molecule has 0 heterocycles. The molecule has 2 aliphatic rings.